The first kappa shape index (κ1) is 9.83. The van der Waals surface area contributed by atoms with Crippen molar-refractivity contribution < 1.29 is 9.53 Å². The zero-order valence-electron chi connectivity index (χ0n) is 8.45. The molecular formula is C11H14N2O2. The first-order chi connectivity index (χ1) is 7.25. The van der Waals surface area contributed by atoms with Gasteiger partial charge in [0.25, 0.3) is 5.91 Å². The number of anilines is 1. The van der Waals surface area contributed by atoms with Gasteiger partial charge in [0.1, 0.15) is 5.75 Å². The van der Waals surface area contributed by atoms with Crippen LogP contribution in [0.15, 0.2) is 18.2 Å². The smallest absolute Gasteiger partial charge is 0.255 e. The van der Waals surface area contributed by atoms with E-state index in [1.165, 1.54) is 5.56 Å². The van der Waals surface area contributed by atoms with Gasteiger partial charge >= 0.3 is 0 Å². The summed E-state index contributed by atoms with van der Waals surface area (Å²) < 4.78 is 5.22. The second-order valence-electron chi connectivity index (χ2n) is 3.60. The molecule has 0 bridgehead atoms. The van der Waals surface area contributed by atoms with E-state index in [0.29, 0.717) is 5.75 Å². The second-order valence-corrected chi connectivity index (χ2v) is 3.60. The molecule has 0 spiro atoms. The number of carbonyl (C=O) groups excluding carboxylic acids is 1. The van der Waals surface area contributed by atoms with Crippen molar-refractivity contribution in [3.8, 4) is 5.75 Å². The number of rotatable bonds is 3. The lowest BCUT2D eigenvalue weighted by Gasteiger charge is -2.18. The van der Waals surface area contributed by atoms with Gasteiger partial charge in [0.15, 0.2) is 6.61 Å². The van der Waals surface area contributed by atoms with E-state index in [0.717, 1.165) is 25.1 Å². The van der Waals surface area contributed by atoms with Crippen molar-refractivity contribution in [1.29, 1.82) is 0 Å². The zero-order chi connectivity index (χ0) is 10.7. The van der Waals surface area contributed by atoms with Crippen molar-refractivity contribution in [2.45, 2.75) is 12.8 Å². The number of ether oxygens (including phenoxy) is 1. The van der Waals surface area contributed by atoms with Gasteiger partial charge in [0.2, 0.25) is 0 Å². The second kappa shape index (κ2) is 4.21. The van der Waals surface area contributed by atoms with Crippen LogP contribution < -0.4 is 15.8 Å². The summed E-state index contributed by atoms with van der Waals surface area (Å²) >= 11 is 0. The third kappa shape index (κ3) is 2.40. The van der Waals surface area contributed by atoms with Gasteiger partial charge in [-0.1, -0.05) is 6.07 Å². The van der Waals surface area contributed by atoms with E-state index >= 15 is 0 Å². The minimum atomic E-state index is -0.458. The maximum atomic E-state index is 10.5. The third-order valence-electron chi connectivity index (χ3n) is 2.40. The predicted molar refractivity (Wildman–Crippen MR) is 57.9 cm³/mol. The molecule has 0 saturated carbocycles. The number of amides is 1. The van der Waals surface area contributed by atoms with E-state index in [4.69, 9.17) is 10.5 Å². The number of aryl methyl sites for hydroxylation is 1. The summed E-state index contributed by atoms with van der Waals surface area (Å²) in [5, 5.41) is 3.29. The first-order valence-electron chi connectivity index (χ1n) is 5.03. The SMILES string of the molecule is NC(=O)COc1ccc2c(c1)NCCC2. The number of carbonyl (C=O) groups is 1. The van der Waals surface area contributed by atoms with E-state index in [1.54, 1.807) is 0 Å². The molecule has 4 heteroatoms. The van der Waals surface area contributed by atoms with Crippen molar-refractivity contribution in [3.63, 3.8) is 0 Å². The number of benzene rings is 1. The lowest BCUT2D eigenvalue weighted by atomic mass is 10.0. The molecule has 0 saturated heterocycles. The van der Waals surface area contributed by atoms with Gasteiger partial charge in [-0.2, -0.15) is 0 Å². The van der Waals surface area contributed by atoms with E-state index in [9.17, 15) is 4.79 Å². The fourth-order valence-corrected chi connectivity index (χ4v) is 1.68. The molecule has 15 heavy (non-hydrogen) atoms. The third-order valence-corrected chi connectivity index (χ3v) is 2.40. The highest BCUT2D eigenvalue weighted by atomic mass is 16.5. The normalized spacial score (nSPS) is 13.9. The fraction of sp³-hybridized carbons (Fsp3) is 0.364. The summed E-state index contributed by atoms with van der Waals surface area (Å²) in [6.07, 6.45) is 2.26. The number of hydrogen-bond donors (Lipinski definition) is 2. The fourth-order valence-electron chi connectivity index (χ4n) is 1.68. The molecule has 1 aliphatic rings. The molecule has 1 heterocycles. The Labute approximate surface area is 88.4 Å². The average Bonchev–Trinajstić information content (AvgIpc) is 2.26. The van der Waals surface area contributed by atoms with Gasteiger partial charge in [0, 0.05) is 18.3 Å². The number of hydrogen-bond acceptors (Lipinski definition) is 3. The number of nitrogens with one attached hydrogen (secondary N) is 1. The molecular weight excluding hydrogens is 192 g/mol. The van der Waals surface area contributed by atoms with Gasteiger partial charge < -0.3 is 15.8 Å². The largest absolute Gasteiger partial charge is 0.484 e. The zero-order valence-corrected chi connectivity index (χ0v) is 8.45. The van der Waals surface area contributed by atoms with Gasteiger partial charge in [-0.05, 0) is 24.5 Å². The summed E-state index contributed by atoms with van der Waals surface area (Å²) in [7, 11) is 0. The highest BCUT2D eigenvalue weighted by Crippen LogP contribution is 2.26. The number of fused-ring (bicyclic) bond motifs is 1. The van der Waals surface area contributed by atoms with Crippen LogP contribution in [0.2, 0.25) is 0 Å². The Morgan fingerprint density at radius 1 is 1.53 bits per heavy atom. The molecule has 1 aromatic rings. The molecule has 0 aromatic heterocycles. The maximum Gasteiger partial charge on any atom is 0.255 e. The van der Waals surface area contributed by atoms with Crippen molar-refractivity contribution in [1.82, 2.24) is 0 Å². The van der Waals surface area contributed by atoms with Crippen LogP contribution >= 0.6 is 0 Å². The first-order valence-corrected chi connectivity index (χ1v) is 5.03. The summed E-state index contributed by atoms with van der Waals surface area (Å²) in [5.74, 6) is 0.225. The molecule has 0 aliphatic carbocycles. The molecule has 80 valence electrons. The van der Waals surface area contributed by atoms with Crippen LogP contribution in [-0.2, 0) is 11.2 Å². The molecule has 4 nitrogen and oxygen atoms in total. The molecule has 1 amide bonds. The lowest BCUT2D eigenvalue weighted by Crippen LogP contribution is -2.20. The van der Waals surface area contributed by atoms with Crippen molar-refractivity contribution >= 4 is 11.6 Å². The van der Waals surface area contributed by atoms with Gasteiger partial charge in [-0.3, -0.25) is 4.79 Å². The summed E-state index contributed by atoms with van der Waals surface area (Å²) in [4.78, 5) is 10.5. The average molecular weight is 206 g/mol. The van der Waals surface area contributed by atoms with Crippen LogP contribution in [0.4, 0.5) is 5.69 Å². The highest BCUT2D eigenvalue weighted by Gasteiger charge is 2.09. The number of nitrogens with two attached hydrogens (primary N) is 1. The highest BCUT2D eigenvalue weighted by molar-refractivity contribution is 5.75. The molecule has 2 rings (SSSR count). The Kier molecular flexibility index (Phi) is 2.76. The molecule has 0 unspecified atom stereocenters. The Hall–Kier alpha value is -1.71. The van der Waals surface area contributed by atoms with Crippen LogP contribution in [0.3, 0.4) is 0 Å². The summed E-state index contributed by atoms with van der Waals surface area (Å²) in [6.45, 7) is 0.922. The minimum Gasteiger partial charge on any atom is -0.484 e. The predicted octanol–water partition coefficient (Wildman–Crippen LogP) is 0.909. The van der Waals surface area contributed by atoms with Gasteiger partial charge in [-0.15, -0.1) is 0 Å². The lowest BCUT2D eigenvalue weighted by molar-refractivity contribution is -0.119. The van der Waals surface area contributed by atoms with E-state index in [1.807, 2.05) is 18.2 Å². The molecule has 1 aromatic carbocycles. The van der Waals surface area contributed by atoms with Gasteiger partial charge in [0.05, 0.1) is 0 Å². The van der Waals surface area contributed by atoms with Crippen LogP contribution in [0.1, 0.15) is 12.0 Å². The van der Waals surface area contributed by atoms with Crippen LogP contribution in [-0.4, -0.2) is 19.1 Å². The van der Waals surface area contributed by atoms with E-state index in [2.05, 4.69) is 5.32 Å². The minimum absolute atomic E-state index is 0.0706. The van der Waals surface area contributed by atoms with Gasteiger partial charge in [-0.25, -0.2) is 0 Å². The van der Waals surface area contributed by atoms with Crippen molar-refractivity contribution in [3.05, 3.63) is 23.8 Å². The Bertz CT molecular complexity index is 377. The molecule has 0 fully saturated rings. The summed E-state index contributed by atoms with van der Waals surface area (Å²) in [6, 6.07) is 5.81. The van der Waals surface area contributed by atoms with Crippen molar-refractivity contribution in [2.75, 3.05) is 18.5 Å². The van der Waals surface area contributed by atoms with Crippen LogP contribution in [0.25, 0.3) is 0 Å². The Morgan fingerprint density at radius 3 is 3.20 bits per heavy atom. The Balaban J connectivity index is 2.10. The van der Waals surface area contributed by atoms with E-state index < -0.39 is 5.91 Å². The molecule has 0 atom stereocenters. The Morgan fingerprint density at radius 2 is 2.40 bits per heavy atom. The van der Waals surface area contributed by atoms with E-state index in [-0.39, 0.29) is 6.61 Å². The topological polar surface area (TPSA) is 64.4 Å². The van der Waals surface area contributed by atoms with Crippen LogP contribution in [0.5, 0.6) is 5.75 Å². The number of primary amides is 1. The maximum absolute atomic E-state index is 10.5. The molecule has 1 aliphatic heterocycles. The molecule has 0 radical (unpaired) electrons. The van der Waals surface area contributed by atoms with Crippen LogP contribution in [0, 0.1) is 0 Å². The quantitative estimate of drug-likeness (QED) is 0.772. The standard InChI is InChI=1S/C11H14N2O2/c12-11(14)7-15-9-4-3-8-2-1-5-13-10(8)6-9/h3-4,6,13H,1-2,5,7H2,(H2,12,14). The molecule has 3 N–H and O–H groups in total. The summed E-state index contributed by atoms with van der Waals surface area (Å²) in [5.41, 5.74) is 7.40. The van der Waals surface area contributed by atoms with Crippen molar-refractivity contribution in [2.24, 2.45) is 5.73 Å². The monoisotopic (exact) mass is 206 g/mol.